The van der Waals surface area contributed by atoms with E-state index in [-0.39, 0.29) is 17.7 Å². The largest absolute Gasteiger partial charge is 0.504 e. The lowest BCUT2D eigenvalue weighted by Crippen LogP contribution is -2.56. The third-order valence-electron chi connectivity index (χ3n) is 3.61. The molecule has 1 saturated heterocycles. The predicted octanol–water partition coefficient (Wildman–Crippen LogP) is 0.311. The second kappa shape index (κ2) is 7.28. The van der Waals surface area contributed by atoms with Gasteiger partial charge < -0.3 is 20.5 Å². The first-order chi connectivity index (χ1) is 10.2. The van der Waals surface area contributed by atoms with Crippen molar-refractivity contribution in [1.82, 2.24) is 15.5 Å². The highest BCUT2D eigenvalue weighted by atomic mass is 16.5. The molecule has 1 aromatic carbocycles. The zero-order valence-electron chi connectivity index (χ0n) is 12.6. The van der Waals surface area contributed by atoms with Gasteiger partial charge >= 0.3 is 0 Å². The number of amides is 1. The predicted molar refractivity (Wildman–Crippen MR) is 80.4 cm³/mol. The van der Waals surface area contributed by atoms with Gasteiger partial charge in [0, 0.05) is 33.2 Å². The lowest BCUT2D eigenvalue weighted by molar-refractivity contribution is -0.126. The number of likely N-dealkylation sites (N-methyl/N-ethyl adjacent to an activating group) is 1. The van der Waals surface area contributed by atoms with Gasteiger partial charge in [-0.2, -0.15) is 0 Å². The Morgan fingerprint density at radius 3 is 3.10 bits per heavy atom. The molecule has 0 spiro atoms. The number of hydrogen-bond donors (Lipinski definition) is 3. The molecule has 0 saturated carbocycles. The SMILES string of the molecule is CCOc1cc(CN2CCNCC2C(=O)NC)ccc1O. The van der Waals surface area contributed by atoms with Gasteiger partial charge in [0.05, 0.1) is 6.61 Å². The molecule has 6 heteroatoms. The third kappa shape index (κ3) is 3.86. The Balaban J connectivity index is 2.11. The van der Waals surface area contributed by atoms with Gasteiger partial charge in [-0.3, -0.25) is 9.69 Å². The summed E-state index contributed by atoms with van der Waals surface area (Å²) in [6.45, 7) is 5.36. The van der Waals surface area contributed by atoms with E-state index in [4.69, 9.17) is 4.74 Å². The Labute approximate surface area is 125 Å². The summed E-state index contributed by atoms with van der Waals surface area (Å²) in [6, 6.07) is 5.16. The molecule has 1 aliphatic heterocycles. The van der Waals surface area contributed by atoms with E-state index in [9.17, 15) is 9.90 Å². The number of nitrogens with one attached hydrogen (secondary N) is 2. The summed E-state index contributed by atoms with van der Waals surface area (Å²) < 4.78 is 5.40. The molecule has 116 valence electrons. The Morgan fingerprint density at radius 2 is 2.38 bits per heavy atom. The number of hydrogen-bond acceptors (Lipinski definition) is 5. The van der Waals surface area contributed by atoms with Crippen molar-refractivity contribution < 1.29 is 14.6 Å². The molecule has 0 aliphatic carbocycles. The lowest BCUT2D eigenvalue weighted by atomic mass is 10.1. The van der Waals surface area contributed by atoms with Crippen LogP contribution >= 0.6 is 0 Å². The minimum absolute atomic E-state index is 0.0195. The van der Waals surface area contributed by atoms with Crippen molar-refractivity contribution in [3.05, 3.63) is 23.8 Å². The fourth-order valence-corrected chi connectivity index (χ4v) is 2.52. The highest BCUT2D eigenvalue weighted by molar-refractivity contribution is 5.81. The van der Waals surface area contributed by atoms with Gasteiger partial charge in [0.2, 0.25) is 5.91 Å². The molecule has 1 atom stereocenters. The van der Waals surface area contributed by atoms with Crippen LogP contribution in [0.1, 0.15) is 12.5 Å². The number of aromatic hydroxyl groups is 1. The Hall–Kier alpha value is -1.79. The fraction of sp³-hybridized carbons (Fsp3) is 0.533. The van der Waals surface area contributed by atoms with Crippen LogP contribution in [0.25, 0.3) is 0 Å². The van der Waals surface area contributed by atoms with Crippen LogP contribution in [-0.2, 0) is 11.3 Å². The van der Waals surface area contributed by atoms with Gasteiger partial charge in [-0.05, 0) is 24.6 Å². The quantitative estimate of drug-likeness (QED) is 0.729. The number of benzene rings is 1. The van der Waals surface area contributed by atoms with Crippen molar-refractivity contribution in [2.45, 2.75) is 19.5 Å². The van der Waals surface area contributed by atoms with E-state index in [1.165, 1.54) is 0 Å². The van der Waals surface area contributed by atoms with Gasteiger partial charge in [0.1, 0.15) is 6.04 Å². The van der Waals surface area contributed by atoms with Gasteiger partial charge in [-0.15, -0.1) is 0 Å². The van der Waals surface area contributed by atoms with E-state index in [1.54, 1.807) is 13.1 Å². The van der Waals surface area contributed by atoms with Crippen LogP contribution in [0.3, 0.4) is 0 Å². The summed E-state index contributed by atoms with van der Waals surface area (Å²) in [5.41, 5.74) is 1.02. The van der Waals surface area contributed by atoms with Crippen molar-refractivity contribution in [3.63, 3.8) is 0 Å². The molecule has 1 fully saturated rings. The van der Waals surface area contributed by atoms with Crippen molar-refractivity contribution in [2.75, 3.05) is 33.3 Å². The highest BCUT2D eigenvalue weighted by Crippen LogP contribution is 2.27. The molecule has 21 heavy (non-hydrogen) atoms. The lowest BCUT2D eigenvalue weighted by Gasteiger charge is -2.34. The third-order valence-corrected chi connectivity index (χ3v) is 3.61. The summed E-state index contributed by atoms with van der Waals surface area (Å²) in [5.74, 6) is 0.649. The summed E-state index contributed by atoms with van der Waals surface area (Å²) in [7, 11) is 1.66. The van der Waals surface area contributed by atoms with E-state index in [0.29, 0.717) is 25.4 Å². The van der Waals surface area contributed by atoms with Crippen molar-refractivity contribution in [1.29, 1.82) is 0 Å². The number of phenols is 1. The minimum Gasteiger partial charge on any atom is -0.504 e. The van der Waals surface area contributed by atoms with Crippen molar-refractivity contribution >= 4 is 5.91 Å². The van der Waals surface area contributed by atoms with E-state index in [2.05, 4.69) is 15.5 Å². The van der Waals surface area contributed by atoms with E-state index in [1.807, 2.05) is 19.1 Å². The molecule has 1 heterocycles. The number of phenolic OH excluding ortho intramolecular Hbond substituents is 1. The average molecular weight is 293 g/mol. The van der Waals surface area contributed by atoms with Crippen LogP contribution in [0.5, 0.6) is 11.5 Å². The van der Waals surface area contributed by atoms with E-state index < -0.39 is 0 Å². The number of piperazine rings is 1. The monoisotopic (exact) mass is 293 g/mol. The van der Waals surface area contributed by atoms with Gasteiger partial charge in [0.15, 0.2) is 11.5 Å². The molecule has 0 aromatic heterocycles. The normalized spacial score (nSPS) is 19.2. The molecule has 2 rings (SSSR count). The molecule has 3 N–H and O–H groups in total. The van der Waals surface area contributed by atoms with Gasteiger partial charge in [-0.1, -0.05) is 6.07 Å². The molecular formula is C15H23N3O3. The van der Waals surface area contributed by atoms with Crippen LogP contribution in [0.4, 0.5) is 0 Å². The maximum Gasteiger partial charge on any atom is 0.238 e. The summed E-state index contributed by atoms with van der Waals surface area (Å²) in [6.07, 6.45) is 0. The van der Waals surface area contributed by atoms with Crippen LogP contribution in [0, 0.1) is 0 Å². The topological polar surface area (TPSA) is 73.8 Å². The van der Waals surface area contributed by atoms with Gasteiger partial charge in [-0.25, -0.2) is 0 Å². The smallest absolute Gasteiger partial charge is 0.238 e. The minimum atomic E-state index is -0.173. The number of carbonyl (C=O) groups is 1. The molecule has 0 radical (unpaired) electrons. The molecule has 0 bridgehead atoms. The fourth-order valence-electron chi connectivity index (χ4n) is 2.52. The molecule has 1 unspecified atom stereocenters. The average Bonchev–Trinajstić information content (AvgIpc) is 2.50. The van der Waals surface area contributed by atoms with Crippen molar-refractivity contribution in [2.24, 2.45) is 0 Å². The maximum atomic E-state index is 11.9. The summed E-state index contributed by atoms with van der Waals surface area (Å²) in [4.78, 5) is 14.1. The Morgan fingerprint density at radius 1 is 1.57 bits per heavy atom. The van der Waals surface area contributed by atoms with Crippen LogP contribution in [-0.4, -0.2) is 55.2 Å². The molecular weight excluding hydrogens is 270 g/mol. The maximum absolute atomic E-state index is 11.9. The number of nitrogens with zero attached hydrogens (tertiary/aromatic N) is 1. The zero-order valence-corrected chi connectivity index (χ0v) is 12.6. The number of carbonyl (C=O) groups excluding carboxylic acids is 1. The van der Waals surface area contributed by atoms with Crippen molar-refractivity contribution in [3.8, 4) is 11.5 Å². The number of rotatable bonds is 5. The first-order valence-electron chi connectivity index (χ1n) is 7.26. The zero-order chi connectivity index (χ0) is 15.2. The second-order valence-electron chi connectivity index (χ2n) is 5.04. The first-order valence-corrected chi connectivity index (χ1v) is 7.26. The summed E-state index contributed by atoms with van der Waals surface area (Å²) >= 11 is 0. The molecule has 1 aliphatic rings. The van der Waals surface area contributed by atoms with Crippen LogP contribution < -0.4 is 15.4 Å². The molecule has 1 amide bonds. The van der Waals surface area contributed by atoms with Crippen LogP contribution in [0.2, 0.25) is 0 Å². The van der Waals surface area contributed by atoms with E-state index >= 15 is 0 Å². The summed E-state index contributed by atoms with van der Waals surface area (Å²) in [5, 5.41) is 15.7. The van der Waals surface area contributed by atoms with E-state index in [0.717, 1.165) is 18.7 Å². The van der Waals surface area contributed by atoms with Crippen LogP contribution in [0.15, 0.2) is 18.2 Å². The second-order valence-corrected chi connectivity index (χ2v) is 5.04. The Kier molecular flexibility index (Phi) is 5.41. The molecule has 6 nitrogen and oxygen atoms in total. The standard InChI is InChI=1S/C15H23N3O3/c1-3-21-14-8-11(4-5-13(14)19)10-18-7-6-17-9-12(18)15(20)16-2/h4-5,8,12,17,19H,3,6-7,9-10H2,1-2H3,(H,16,20). The first kappa shape index (κ1) is 15.6. The number of ether oxygens (including phenoxy) is 1. The Bertz CT molecular complexity index is 493. The highest BCUT2D eigenvalue weighted by Gasteiger charge is 2.27. The van der Waals surface area contributed by atoms with Gasteiger partial charge in [0.25, 0.3) is 0 Å². The molecule has 1 aromatic rings.